The lowest BCUT2D eigenvalue weighted by atomic mass is 9.69. The Bertz CT molecular complexity index is 1440. The SMILES string of the molecule is CC(C=CC=C(C)C=CC1=C(C)C(=O)C(=O)C1(C)C)=CC=CC=C(C)C=CC=C(C)C=CC1=C(C)CC(O)C(O)C1(C)C. The molecule has 2 N–H and O–H groups in total. The summed E-state index contributed by atoms with van der Waals surface area (Å²) in [7, 11) is 0. The first-order valence-corrected chi connectivity index (χ1v) is 14.9. The van der Waals surface area contributed by atoms with E-state index in [0.717, 1.165) is 39.0 Å². The number of aliphatic hydroxyl groups excluding tert-OH is 2. The Balaban J connectivity index is 1.93. The standard InChI is InChI=1S/C39H50O4/c1-26(17-13-19-28(3)21-23-32-30(5)25-34(40)36(42)38(32,7)8)15-11-12-16-27(2)18-14-20-29(4)22-24-33-31(6)35(41)37(43)39(33,9)10/h11-24,34,36,40,42H,25H2,1-10H3. The molecule has 0 fully saturated rings. The fourth-order valence-corrected chi connectivity index (χ4v) is 5.35. The van der Waals surface area contributed by atoms with Crippen molar-refractivity contribution in [3.8, 4) is 0 Å². The molecule has 0 saturated carbocycles. The molecule has 230 valence electrons. The van der Waals surface area contributed by atoms with Gasteiger partial charge in [-0.1, -0.05) is 127 Å². The maximum atomic E-state index is 12.2. The third-order valence-corrected chi connectivity index (χ3v) is 8.26. The summed E-state index contributed by atoms with van der Waals surface area (Å²) in [4.78, 5) is 24.2. The van der Waals surface area contributed by atoms with Gasteiger partial charge in [0.05, 0.1) is 17.6 Å². The molecule has 0 amide bonds. The zero-order valence-corrected chi connectivity index (χ0v) is 27.7. The van der Waals surface area contributed by atoms with Gasteiger partial charge in [-0.2, -0.15) is 0 Å². The summed E-state index contributed by atoms with van der Waals surface area (Å²) in [5.74, 6) is -0.719. The average molecular weight is 583 g/mol. The predicted octanol–water partition coefficient (Wildman–Crippen LogP) is 8.52. The van der Waals surface area contributed by atoms with E-state index in [4.69, 9.17) is 0 Å². The molecule has 0 spiro atoms. The lowest BCUT2D eigenvalue weighted by Crippen LogP contribution is -2.44. The highest BCUT2D eigenvalue weighted by Gasteiger charge is 2.44. The Kier molecular flexibility index (Phi) is 12.6. The van der Waals surface area contributed by atoms with Crippen LogP contribution in [0.25, 0.3) is 0 Å². The molecule has 4 nitrogen and oxygen atoms in total. The summed E-state index contributed by atoms with van der Waals surface area (Å²) in [5.41, 5.74) is 6.62. The molecule has 0 heterocycles. The van der Waals surface area contributed by atoms with E-state index in [9.17, 15) is 19.8 Å². The molecule has 2 aliphatic rings. The van der Waals surface area contributed by atoms with Gasteiger partial charge in [-0.3, -0.25) is 9.59 Å². The third kappa shape index (κ3) is 9.44. The summed E-state index contributed by atoms with van der Waals surface area (Å²) >= 11 is 0. The van der Waals surface area contributed by atoms with Crippen LogP contribution in [0.2, 0.25) is 0 Å². The quantitative estimate of drug-likeness (QED) is 0.200. The van der Waals surface area contributed by atoms with Crippen LogP contribution in [0.3, 0.4) is 0 Å². The van der Waals surface area contributed by atoms with Crippen molar-refractivity contribution in [1.29, 1.82) is 0 Å². The van der Waals surface area contributed by atoms with E-state index in [-0.39, 0.29) is 11.6 Å². The van der Waals surface area contributed by atoms with Crippen LogP contribution >= 0.6 is 0 Å². The molecule has 2 unspecified atom stereocenters. The van der Waals surface area contributed by atoms with Crippen LogP contribution in [-0.4, -0.2) is 34.0 Å². The Morgan fingerprint density at radius 2 is 1.09 bits per heavy atom. The van der Waals surface area contributed by atoms with Gasteiger partial charge in [0.1, 0.15) is 0 Å². The van der Waals surface area contributed by atoms with Gasteiger partial charge in [0.2, 0.25) is 11.6 Å². The molecule has 0 bridgehead atoms. The molecule has 0 aromatic carbocycles. The van der Waals surface area contributed by atoms with Gasteiger partial charge in [-0.05, 0) is 73.0 Å². The minimum absolute atomic E-state index is 0.339. The Morgan fingerprint density at radius 3 is 1.53 bits per heavy atom. The summed E-state index contributed by atoms with van der Waals surface area (Å²) in [6, 6.07) is 0. The van der Waals surface area contributed by atoms with E-state index in [1.165, 1.54) is 0 Å². The Hall–Kier alpha value is -3.60. The normalized spacial score (nSPS) is 24.6. The number of rotatable bonds is 10. The lowest BCUT2D eigenvalue weighted by Gasteiger charge is -2.40. The molecule has 0 aromatic rings. The van der Waals surface area contributed by atoms with Crippen molar-refractivity contribution in [2.24, 2.45) is 10.8 Å². The number of carbonyl (C=O) groups is 2. The van der Waals surface area contributed by atoms with Crippen LogP contribution in [0, 0.1) is 10.8 Å². The topological polar surface area (TPSA) is 74.6 Å². The van der Waals surface area contributed by atoms with Crippen molar-refractivity contribution in [3.05, 3.63) is 130 Å². The number of hydrogen-bond donors (Lipinski definition) is 2. The summed E-state index contributed by atoms with van der Waals surface area (Å²) in [6.07, 6.45) is 27.2. The highest BCUT2D eigenvalue weighted by atomic mass is 16.3. The first kappa shape index (κ1) is 35.6. The van der Waals surface area contributed by atoms with Crippen LogP contribution in [0.5, 0.6) is 0 Å². The van der Waals surface area contributed by atoms with E-state index >= 15 is 0 Å². The zero-order valence-electron chi connectivity index (χ0n) is 27.7. The molecule has 43 heavy (non-hydrogen) atoms. The van der Waals surface area contributed by atoms with Gasteiger partial charge in [-0.25, -0.2) is 0 Å². The highest BCUT2D eigenvalue weighted by Crippen LogP contribution is 2.41. The summed E-state index contributed by atoms with van der Waals surface area (Å²) in [5, 5.41) is 20.6. The predicted molar refractivity (Wildman–Crippen MR) is 180 cm³/mol. The molecular formula is C39H50O4. The first-order valence-electron chi connectivity index (χ1n) is 14.9. The maximum Gasteiger partial charge on any atom is 0.225 e. The minimum atomic E-state index is -0.773. The van der Waals surface area contributed by atoms with Crippen LogP contribution in [0.4, 0.5) is 0 Å². The molecular weight excluding hydrogens is 532 g/mol. The van der Waals surface area contributed by atoms with Crippen molar-refractivity contribution in [1.82, 2.24) is 0 Å². The highest BCUT2D eigenvalue weighted by molar-refractivity contribution is 6.48. The van der Waals surface area contributed by atoms with Crippen molar-refractivity contribution in [2.75, 3.05) is 0 Å². The first-order chi connectivity index (χ1) is 20.0. The lowest BCUT2D eigenvalue weighted by molar-refractivity contribution is -0.137. The van der Waals surface area contributed by atoms with E-state index in [0.29, 0.717) is 12.0 Å². The molecule has 0 radical (unpaired) electrons. The van der Waals surface area contributed by atoms with E-state index in [1.54, 1.807) is 20.8 Å². The Morgan fingerprint density at radius 1 is 0.674 bits per heavy atom. The molecule has 2 aliphatic carbocycles. The second kappa shape index (κ2) is 15.2. The number of carbonyl (C=O) groups excluding carboxylic acids is 2. The number of aliphatic hydroxyl groups is 2. The van der Waals surface area contributed by atoms with Gasteiger partial charge < -0.3 is 10.2 Å². The summed E-state index contributed by atoms with van der Waals surface area (Å²) in [6.45, 7) is 19.4. The van der Waals surface area contributed by atoms with E-state index in [2.05, 4.69) is 37.3 Å². The Labute approximate surface area is 259 Å². The second-order valence-corrected chi connectivity index (χ2v) is 12.9. The fraction of sp³-hybridized carbons (Fsp3) is 0.385. The largest absolute Gasteiger partial charge is 0.390 e. The molecule has 4 heteroatoms. The zero-order chi connectivity index (χ0) is 32.5. The second-order valence-electron chi connectivity index (χ2n) is 12.9. The number of Topliss-reactive ketones (excluding diaryl/α,β-unsaturated/α-hetero) is 2. The monoisotopic (exact) mass is 582 g/mol. The molecule has 2 rings (SSSR count). The molecule has 0 aliphatic heterocycles. The molecule has 0 saturated heterocycles. The van der Waals surface area contributed by atoms with Crippen LogP contribution < -0.4 is 0 Å². The van der Waals surface area contributed by atoms with Gasteiger partial charge in [0.25, 0.3) is 0 Å². The fourth-order valence-electron chi connectivity index (χ4n) is 5.35. The smallest absolute Gasteiger partial charge is 0.225 e. The average Bonchev–Trinajstić information content (AvgIpc) is 3.06. The minimum Gasteiger partial charge on any atom is -0.390 e. The van der Waals surface area contributed by atoms with Crippen LogP contribution in [-0.2, 0) is 9.59 Å². The van der Waals surface area contributed by atoms with Crippen LogP contribution in [0.1, 0.15) is 75.7 Å². The third-order valence-electron chi connectivity index (χ3n) is 8.26. The van der Waals surface area contributed by atoms with E-state index in [1.807, 2.05) is 96.2 Å². The van der Waals surface area contributed by atoms with Gasteiger partial charge in [0.15, 0.2) is 0 Å². The van der Waals surface area contributed by atoms with Crippen LogP contribution in [0.15, 0.2) is 130 Å². The van der Waals surface area contributed by atoms with Gasteiger partial charge in [0, 0.05) is 11.0 Å². The molecule has 0 aromatic heterocycles. The van der Waals surface area contributed by atoms with Gasteiger partial charge in [-0.15, -0.1) is 0 Å². The number of ketones is 2. The summed E-state index contributed by atoms with van der Waals surface area (Å²) < 4.78 is 0. The van der Waals surface area contributed by atoms with Crippen molar-refractivity contribution in [3.63, 3.8) is 0 Å². The van der Waals surface area contributed by atoms with Crippen molar-refractivity contribution in [2.45, 2.75) is 87.9 Å². The van der Waals surface area contributed by atoms with Gasteiger partial charge >= 0.3 is 0 Å². The number of allylic oxidation sites excluding steroid dienone is 20. The van der Waals surface area contributed by atoms with Crippen molar-refractivity contribution >= 4 is 11.6 Å². The van der Waals surface area contributed by atoms with Crippen molar-refractivity contribution < 1.29 is 19.8 Å². The van der Waals surface area contributed by atoms with E-state index < -0.39 is 23.0 Å². The maximum absolute atomic E-state index is 12.2. The number of hydrogen-bond acceptors (Lipinski definition) is 4. The molecule has 2 atom stereocenters.